The monoisotopic (exact) mass is 458 g/mol. The van der Waals surface area contributed by atoms with Crippen LogP contribution in [0.15, 0.2) is 54.7 Å². The van der Waals surface area contributed by atoms with E-state index < -0.39 is 11.7 Å². The molecular weight excluding hydrogens is 429 g/mol. The molecule has 176 valence electrons. The first-order valence-corrected chi connectivity index (χ1v) is 11.2. The molecule has 0 saturated heterocycles. The molecule has 0 radical (unpaired) electrons. The molecule has 33 heavy (non-hydrogen) atoms. The van der Waals surface area contributed by atoms with Gasteiger partial charge in [-0.1, -0.05) is 57.4 Å². The van der Waals surface area contributed by atoms with Crippen molar-refractivity contribution in [1.29, 1.82) is 0 Å². The Hall–Kier alpha value is -3.29. The second kappa shape index (κ2) is 11.5. The normalized spacial score (nSPS) is 11.3. The highest BCUT2D eigenvalue weighted by Gasteiger charge is 2.35. The van der Waals surface area contributed by atoms with Crippen LogP contribution in [0.3, 0.4) is 0 Å². The third-order valence-corrected chi connectivity index (χ3v) is 4.99. The zero-order chi connectivity index (χ0) is 23.7. The highest BCUT2D eigenvalue weighted by Crippen LogP contribution is 2.37. The number of hydrogen-bond donors (Lipinski definition) is 2. The summed E-state index contributed by atoms with van der Waals surface area (Å²) in [4.78, 5) is 8.01. The van der Waals surface area contributed by atoms with E-state index in [4.69, 9.17) is 4.74 Å². The summed E-state index contributed by atoms with van der Waals surface area (Å²) in [5, 5.41) is 5.78. The average Bonchev–Trinajstić information content (AvgIpc) is 2.79. The van der Waals surface area contributed by atoms with Gasteiger partial charge in [0.15, 0.2) is 0 Å². The summed E-state index contributed by atoms with van der Waals surface area (Å²) >= 11 is 0. The number of nitrogens with zero attached hydrogens (tertiary/aromatic N) is 2. The van der Waals surface area contributed by atoms with Crippen LogP contribution in [0.2, 0.25) is 0 Å². The van der Waals surface area contributed by atoms with Crippen molar-refractivity contribution in [2.24, 2.45) is 0 Å². The Kier molecular flexibility index (Phi) is 8.52. The molecule has 3 rings (SSSR count). The quantitative estimate of drug-likeness (QED) is 0.291. The van der Waals surface area contributed by atoms with E-state index in [2.05, 4.69) is 34.4 Å². The third-order valence-electron chi connectivity index (χ3n) is 4.99. The minimum Gasteiger partial charge on any atom is -0.491 e. The molecule has 0 aliphatic heterocycles. The number of benzene rings is 2. The number of alkyl halides is 3. The number of rotatable bonds is 11. The predicted molar refractivity (Wildman–Crippen MR) is 125 cm³/mol. The molecule has 2 N–H and O–H groups in total. The zero-order valence-corrected chi connectivity index (χ0v) is 18.9. The predicted octanol–water partition coefficient (Wildman–Crippen LogP) is 7.50. The van der Waals surface area contributed by atoms with Crippen molar-refractivity contribution in [1.82, 2.24) is 9.97 Å². The van der Waals surface area contributed by atoms with Crippen molar-refractivity contribution in [2.75, 3.05) is 17.2 Å². The minimum atomic E-state index is -4.61. The smallest absolute Gasteiger partial charge is 0.421 e. The Balaban J connectivity index is 1.84. The van der Waals surface area contributed by atoms with Gasteiger partial charge in [-0.15, -0.1) is 0 Å². The minimum absolute atomic E-state index is 0.0649. The fourth-order valence-electron chi connectivity index (χ4n) is 3.27. The van der Waals surface area contributed by atoms with E-state index in [-0.39, 0.29) is 11.8 Å². The fraction of sp³-hybridized carbons (Fsp3) is 0.360. The molecule has 1 heterocycles. The second-order valence-corrected chi connectivity index (χ2v) is 7.70. The van der Waals surface area contributed by atoms with E-state index in [1.54, 1.807) is 24.3 Å². The van der Waals surface area contributed by atoms with Crippen LogP contribution in [0.4, 0.5) is 36.3 Å². The van der Waals surface area contributed by atoms with E-state index >= 15 is 0 Å². The van der Waals surface area contributed by atoms with E-state index in [1.807, 2.05) is 24.3 Å². The largest absolute Gasteiger partial charge is 0.491 e. The van der Waals surface area contributed by atoms with Gasteiger partial charge in [0.05, 0.1) is 12.3 Å². The molecule has 0 aliphatic rings. The molecule has 0 aliphatic carbocycles. The summed E-state index contributed by atoms with van der Waals surface area (Å²) < 4.78 is 46.7. The molecular formula is C25H29F3N4O. The van der Waals surface area contributed by atoms with Crippen LogP contribution < -0.4 is 15.4 Å². The maximum Gasteiger partial charge on any atom is 0.421 e. The lowest BCUT2D eigenvalue weighted by atomic mass is 10.1. The molecule has 2 aromatic carbocycles. The zero-order valence-electron chi connectivity index (χ0n) is 18.9. The standard InChI is InChI=1S/C25H29F3N4O/c1-3-5-8-16-33-22-11-7-6-10-21(22)31-23-20(25(26,27)28)17-29-24(32-23)30-19-14-12-18(9-4-2)13-15-19/h6-7,10-15,17H,3-5,8-9,16H2,1-2H3,(H2,29,30,31,32). The van der Waals surface area contributed by atoms with E-state index in [9.17, 15) is 13.2 Å². The van der Waals surface area contributed by atoms with Crippen LogP contribution in [0.25, 0.3) is 0 Å². The number of anilines is 4. The lowest BCUT2D eigenvalue weighted by Gasteiger charge is -2.17. The first-order chi connectivity index (χ1) is 15.9. The Morgan fingerprint density at radius 2 is 1.67 bits per heavy atom. The Labute approximate surface area is 192 Å². The van der Waals surface area contributed by atoms with Gasteiger partial charge in [0.25, 0.3) is 0 Å². The number of hydrogen-bond acceptors (Lipinski definition) is 5. The van der Waals surface area contributed by atoms with Gasteiger partial charge in [-0.3, -0.25) is 0 Å². The SMILES string of the molecule is CCCCCOc1ccccc1Nc1nc(Nc2ccc(CCC)cc2)ncc1C(F)(F)F. The average molecular weight is 459 g/mol. The van der Waals surface area contributed by atoms with Crippen LogP contribution >= 0.6 is 0 Å². The van der Waals surface area contributed by atoms with Gasteiger partial charge in [0.1, 0.15) is 17.1 Å². The number of aryl methyl sites for hydroxylation is 1. The van der Waals surface area contributed by atoms with Crippen molar-refractivity contribution in [3.63, 3.8) is 0 Å². The molecule has 0 spiro atoms. The Bertz CT molecular complexity index is 1020. The van der Waals surface area contributed by atoms with Gasteiger partial charge < -0.3 is 15.4 Å². The van der Waals surface area contributed by atoms with Crippen molar-refractivity contribution >= 4 is 23.1 Å². The number of nitrogens with one attached hydrogen (secondary N) is 2. The highest BCUT2D eigenvalue weighted by molar-refractivity contribution is 5.67. The van der Waals surface area contributed by atoms with Crippen molar-refractivity contribution in [3.8, 4) is 5.75 Å². The molecule has 0 unspecified atom stereocenters. The fourth-order valence-corrected chi connectivity index (χ4v) is 3.27. The van der Waals surface area contributed by atoms with Crippen molar-refractivity contribution in [2.45, 2.75) is 52.1 Å². The summed E-state index contributed by atoms with van der Waals surface area (Å²) in [6, 6.07) is 14.6. The third kappa shape index (κ3) is 7.10. The maximum atomic E-state index is 13.6. The first kappa shape index (κ1) is 24.4. The summed E-state index contributed by atoms with van der Waals surface area (Å²) in [7, 11) is 0. The lowest BCUT2D eigenvalue weighted by Crippen LogP contribution is -2.13. The highest BCUT2D eigenvalue weighted by atomic mass is 19.4. The van der Waals surface area contributed by atoms with Crippen LogP contribution in [-0.2, 0) is 12.6 Å². The lowest BCUT2D eigenvalue weighted by molar-refractivity contribution is -0.137. The maximum absolute atomic E-state index is 13.6. The topological polar surface area (TPSA) is 59.1 Å². The number of unbranched alkanes of at least 4 members (excludes halogenated alkanes) is 2. The molecule has 0 amide bonds. The number of para-hydroxylation sites is 2. The van der Waals surface area contributed by atoms with Crippen molar-refractivity contribution in [3.05, 3.63) is 65.9 Å². The molecule has 3 aromatic rings. The number of ether oxygens (including phenoxy) is 1. The van der Waals surface area contributed by atoms with E-state index in [0.717, 1.165) is 38.3 Å². The summed E-state index contributed by atoms with van der Waals surface area (Å²) in [5.74, 6) is 0.198. The summed E-state index contributed by atoms with van der Waals surface area (Å²) in [5.41, 5.74) is 1.34. The molecule has 0 atom stereocenters. The molecule has 1 aromatic heterocycles. The van der Waals surface area contributed by atoms with Gasteiger partial charge in [-0.25, -0.2) is 4.98 Å². The van der Waals surface area contributed by atoms with Crippen molar-refractivity contribution < 1.29 is 17.9 Å². The van der Waals surface area contributed by atoms with Crippen LogP contribution in [-0.4, -0.2) is 16.6 Å². The van der Waals surface area contributed by atoms with Crippen LogP contribution in [0.5, 0.6) is 5.75 Å². The van der Waals surface area contributed by atoms with E-state index in [1.165, 1.54) is 5.56 Å². The van der Waals surface area contributed by atoms with Gasteiger partial charge in [-0.2, -0.15) is 18.2 Å². The molecule has 0 fully saturated rings. The first-order valence-electron chi connectivity index (χ1n) is 11.2. The molecule has 8 heteroatoms. The van der Waals surface area contributed by atoms with Gasteiger partial charge in [0, 0.05) is 11.9 Å². The molecule has 0 saturated carbocycles. The summed E-state index contributed by atoms with van der Waals surface area (Å²) in [6.07, 6.45) is 1.12. The van der Waals surface area contributed by atoms with Gasteiger partial charge in [0.2, 0.25) is 5.95 Å². The number of halogens is 3. The van der Waals surface area contributed by atoms with Gasteiger partial charge >= 0.3 is 6.18 Å². The van der Waals surface area contributed by atoms with Crippen LogP contribution in [0, 0.1) is 0 Å². The molecule has 5 nitrogen and oxygen atoms in total. The van der Waals surface area contributed by atoms with Gasteiger partial charge in [-0.05, 0) is 42.7 Å². The van der Waals surface area contributed by atoms with E-state index in [0.29, 0.717) is 23.7 Å². The molecule has 0 bridgehead atoms. The Morgan fingerprint density at radius 3 is 2.36 bits per heavy atom. The Morgan fingerprint density at radius 1 is 0.909 bits per heavy atom. The second-order valence-electron chi connectivity index (χ2n) is 7.70. The summed E-state index contributed by atoms with van der Waals surface area (Å²) in [6.45, 7) is 4.68. The van der Waals surface area contributed by atoms with Crippen LogP contribution in [0.1, 0.15) is 50.7 Å². The number of aromatic nitrogens is 2.